The topological polar surface area (TPSA) is 90.0 Å². The molecule has 0 aliphatic carbocycles. The molecule has 0 aliphatic rings. The van der Waals surface area contributed by atoms with Crippen LogP contribution in [-0.2, 0) is 6.54 Å². The van der Waals surface area contributed by atoms with Crippen molar-refractivity contribution in [3.8, 4) is 10.6 Å². The zero-order chi connectivity index (χ0) is 21.4. The molecule has 1 aromatic carbocycles. The van der Waals surface area contributed by atoms with Crippen LogP contribution in [0.4, 0.5) is 5.95 Å². The van der Waals surface area contributed by atoms with E-state index in [0.717, 1.165) is 16.1 Å². The van der Waals surface area contributed by atoms with E-state index in [1.807, 2.05) is 29.6 Å². The summed E-state index contributed by atoms with van der Waals surface area (Å²) >= 11 is 13.7. The number of aromatic nitrogens is 6. The Hall–Kier alpha value is -3.27. The molecule has 0 atom stereocenters. The van der Waals surface area contributed by atoms with Crippen molar-refractivity contribution < 1.29 is 4.79 Å². The highest BCUT2D eigenvalue weighted by Gasteiger charge is 2.18. The number of benzene rings is 1. The Labute approximate surface area is 190 Å². The van der Waals surface area contributed by atoms with Crippen molar-refractivity contribution in [2.45, 2.75) is 6.54 Å². The maximum absolute atomic E-state index is 12.8. The number of nitrogens with zero attached hydrogens (tertiary/aromatic N) is 6. The predicted molar refractivity (Wildman–Crippen MR) is 120 cm³/mol. The van der Waals surface area contributed by atoms with Gasteiger partial charge >= 0.3 is 0 Å². The minimum Gasteiger partial charge on any atom is -0.289 e. The number of amides is 1. The van der Waals surface area contributed by atoms with Crippen LogP contribution in [0.5, 0.6) is 0 Å². The first-order valence-corrected chi connectivity index (χ1v) is 10.7. The molecule has 1 amide bonds. The Morgan fingerprint density at radius 2 is 2.06 bits per heavy atom. The largest absolute Gasteiger partial charge is 0.289 e. The number of halogens is 2. The number of hydrogen-bond acceptors (Lipinski definition) is 6. The number of hydrogen-bond donors (Lipinski definition) is 1. The van der Waals surface area contributed by atoms with Gasteiger partial charge in [0.15, 0.2) is 5.65 Å². The molecule has 0 radical (unpaired) electrons. The van der Waals surface area contributed by atoms with Crippen molar-refractivity contribution in [1.29, 1.82) is 0 Å². The predicted octanol–water partition coefficient (Wildman–Crippen LogP) is 4.66. The van der Waals surface area contributed by atoms with Gasteiger partial charge in [-0.05, 0) is 35.2 Å². The van der Waals surface area contributed by atoms with Crippen LogP contribution in [-0.4, -0.2) is 35.3 Å². The molecule has 11 heteroatoms. The molecule has 8 nitrogen and oxygen atoms in total. The zero-order valence-electron chi connectivity index (χ0n) is 15.7. The van der Waals surface area contributed by atoms with E-state index in [1.165, 1.54) is 12.5 Å². The quantitative estimate of drug-likeness (QED) is 0.404. The number of carbonyl (C=O) groups is 1. The normalized spacial score (nSPS) is 11.2. The lowest BCUT2D eigenvalue weighted by Gasteiger charge is -2.04. The molecule has 31 heavy (non-hydrogen) atoms. The first kappa shape index (κ1) is 19.7. The van der Waals surface area contributed by atoms with Crippen molar-refractivity contribution in [1.82, 2.24) is 29.4 Å². The van der Waals surface area contributed by atoms with Crippen LogP contribution in [0.3, 0.4) is 0 Å². The highest BCUT2D eigenvalue weighted by Crippen LogP contribution is 2.25. The summed E-state index contributed by atoms with van der Waals surface area (Å²) in [7, 11) is 0. The van der Waals surface area contributed by atoms with Gasteiger partial charge in [-0.15, -0.1) is 16.4 Å². The maximum Gasteiger partial charge on any atom is 0.263 e. The van der Waals surface area contributed by atoms with Crippen molar-refractivity contribution in [2.24, 2.45) is 0 Å². The van der Waals surface area contributed by atoms with Crippen molar-refractivity contribution in [3.05, 3.63) is 81.7 Å². The zero-order valence-corrected chi connectivity index (χ0v) is 18.1. The summed E-state index contributed by atoms with van der Waals surface area (Å²) in [6, 6.07) is 11.1. The SMILES string of the molecule is O=C(Nc1ncn(Cc2ccc(Cl)cc2Cl)n1)c1cnn2c(-c3cccs3)ccnc12. The smallest absolute Gasteiger partial charge is 0.263 e. The van der Waals surface area contributed by atoms with E-state index in [9.17, 15) is 4.79 Å². The lowest BCUT2D eigenvalue weighted by Crippen LogP contribution is -2.14. The minimum atomic E-state index is -0.395. The number of fused-ring (bicyclic) bond motifs is 1. The van der Waals surface area contributed by atoms with E-state index in [1.54, 1.807) is 38.9 Å². The standard InChI is InChI=1S/C20H13Cl2N7OS/c21-13-4-3-12(15(22)8-13)10-28-11-24-20(27-28)26-19(30)14-9-25-29-16(5-6-23-18(14)29)17-2-1-7-31-17/h1-9,11H,10H2,(H,26,27,30). The summed E-state index contributed by atoms with van der Waals surface area (Å²) in [4.78, 5) is 22.3. The van der Waals surface area contributed by atoms with E-state index < -0.39 is 5.91 Å². The first-order chi connectivity index (χ1) is 15.1. The molecule has 0 fully saturated rings. The average molecular weight is 470 g/mol. The van der Waals surface area contributed by atoms with Crippen molar-refractivity contribution in [3.63, 3.8) is 0 Å². The van der Waals surface area contributed by atoms with Gasteiger partial charge in [0.2, 0.25) is 5.95 Å². The second kappa shape index (κ2) is 8.10. The molecule has 4 heterocycles. The van der Waals surface area contributed by atoms with Gasteiger partial charge in [-0.1, -0.05) is 35.3 Å². The third-order valence-electron chi connectivity index (χ3n) is 4.53. The lowest BCUT2D eigenvalue weighted by molar-refractivity contribution is 0.102. The van der Waals surface area contributed by atoms with Gasteiger partial charge in [0.1, 0.15) is 11.9 Å². The summed E-state index contributed by atoms with van der Waals surface area (Å²) in [5.41, 5.74) is 2.48. The van der Waals surface area contributed by atoms with Gasteiger partial charge in [-0.3, -0.25) is 10.1 Å². The average Bonchev–Trinajstić information content (AvgIpc) is 3.50. The van der Waals surface area contributed by atoms with E-state index in [0.29, 0.717) is 27.8 Å². The molecule has 0 spiro atoms. The van der Waals surface area contributed by atoms with Crippen molar-refractivity contribution >= 4 is 52.0 Å². The lowest BCUT2D eigenvalue weighted by atomic mass is 10.2. The van der Waals surface area contributed by atoms with Crippen LogP contribution >= 0.6 is 34.5 Å². The summed E-state index contributed by atoms with van der Waals surface area (Å²) in [5.74, 6) is -0.225. The molecular formula is C20H13Cl2N7OS. The molecule has 0 saturated heterocycles. The Balaban J connectivity index is 1.36. The van der Waals surface area contributed by atoms with Gasteiger partial charge in [-0.2, -0.15) is 5.10 Å². The highest BCUT2D eigenvalue weighted by molar-refractivity contribution is 7.13. The Kier molecular flexibility index (Phi) is 5.14. The third-order valence-corrected chi connectivity index (χ3v) is 6.01. The summed E-state index contributed by atoms with van der Waals surface area (Å²) < 4.78 is 3.23. The van der Waals surface area contributed by atoms with Crippen LogP contribution in [0.2, 0.25) is 10.0 Å². The number of carbonyl (C=O) groups excluding carboxylic acids is 1. The van der Waals surface area contributed by atoms with E-state index in [2.05, 4.69) is 25.5 Å². The number of thiophene rings is 1. The fourth-order valence-electron chi connectivity index (χ4n) is 3.08. The molecule has 154 valence electrons. The molecular weight excluding hydrogens is 457 g/mol. The number of rotatable bonds is 5. The molecule has 4 aromatic heterocycles. The molecule has 0 aliphatic heterocycles. The Morgan fingerprint density at radius 1 is 1.16 bits per heavy atom. The monoisotopic (exact) mass is 469 g/mol. The Morgan fingerprint density at radius 3 is 2.87 bits per heavy atom. The van der Waals surface area contributed by atoms with Crippen LogP contribution < -0.4 is 5.32 Å². The van der Waals surface area contributed by atoms with Crippen LogP contribution in [0.1, 0.15) is 15.9 Å². The highest BCUT2D eigenvalue weighted by atomic mass is 35.5. The molecule has 5 aromatic rings. The van der Waals surface area contributed by atoms with E-state index in [4.69, 9.17) is 23.2 Å². The van der Waals surface area contributed by atoms with Gasteiger partial charge in [0, 0.05) is 16.2 Å². The fourth-order valence-corrected chi connectivity index (χ4v) is 4.29. The molecule has 0 saturated carbocycles. The van der Waals surface area contributed by atoms with Gasteiger partial charge in [0.25, 0.3) is 5.91 Å². The first-order valence-electron chi connectivity index (χ1n) is 9.10. The third kappa shape index (κ3) is 3.90. The second-order valence-corrected chi connectivity index (χ2v) is 8.35. The molecule has 5 rings (SSSR count). The molecule has 0 unspecified atom stereocenters. The van der Waals surface area contributed by atoms with Crippen LogP contribution in [0.15, 0.2) is 60.5 Å². The van der Waals surface area contributed by atoms with E-state index in [-0.39, 0.29) is 5.95 Å². The number of nitrogens with one attached hydrogen (secondary N) is 1. The summed E-state index contributed by atoms with van der Waals surface area (Å²) in [6.45, 7) is 0.390. The fraction of sp³-hybridized carbons (Fsp3) is 0.0500. The van der Waals surface area contributed by atoms with Gasteiger partial charge < -0.3 is 0 Å². The molecule has 1 N–H and O–H groups in total. The van der Waals surface area contributed by atoms with Crippen LogP contribution in [0.25, 0.3) is 16.2 Å². The minimum absolute atomic E-state index is 0.170. The summed E-state index contributed by atoms with van der Waals surface area (Å²) in [5, 5.41) is 14.4. The van der Waals surface area contributed by atoms with E-state index >= 15 is 0 Å². The van der Waals surface area contributed by atoms with Crippen molar-refractivity contribution in [2.75, 3.05) is 5.32 Å². The maximum atomic E-state index is 12.8. The summed E-state index contributed by atoms with van der Waals surface area (Å²) in [6.07, 6.45) is 4.66. The van der Waals surface area contributed by atoms with Gasteiger partial charge in [0.05, 0.1) is 23.3 Å². The van der Waals surface area contributed by atoms with Crippen LogP contribution in [0, 0.1) is 0 Å². The second-order valence-electron chi connectivity index (χ2n) is 6.56. The van der Waals surface area contributed by atoms with Gasteiger partial charge in [-0.25, -0.2) is 19.2 Å². The number of anilines is 1. The molecule has 0 bridgehead atoms. The Bertz CT molecular complexity index is 1390.